The molecule has 0 aliphatic carbocycles. The standard InChI is InChI=1S/C10H8BrF3N4OS/c11-8-6(16-4-7-15-1-2-20-7)3-17-18(9(8)19)5-10(12,13)14/h1-3,16H,4-5H2. The minimum atomic E-state index is -4.49. The van der Waals surface area contributed by atoms with Crippen LogP contribution in [0, 0.1) is 0 Å². The SMILES string of the molecule is O=c1c(Br)c(NCc2nccs2)cnn1CC(F)(F)F. The van der Waals surface area contributed by atoms with Crippen molar-refractivity contribution in [3.8, 4) is 0 Å². The van der Waals surface area contributed by atoms with Gasteiger partial charge in [-0.15, -0.1) is 11.3 Å². The number of hydrogen-bond donors (Lipinski definition) is 1. The number of halogens is 4. The summed E-state index contributed by atoms with van der Waals surface area (Å²) in [7, 11) is 0. The zero-order chi connectivity index (χ0) is 14.8. The first-order valence-electron chi connectivity index (χ1n) is 5.31. The third-order valence-electron chi connectivity index (χ3n) is 2.23. The van der Waals surface area contributed by atoms with Crippen molar-refractivity contribution in [2.24, 2.45) is 0 Å². The van der Waals surface area contributed by atoms with Crippen molar-refractivity contribution in [1.82, 2.24) is 14.8 Å². The molecule has 2 rings (SSSR count). The van der Waals surface area contributed by atoms with E-state index < -0.39 is 18.3 Å². The fourth-order valence-electron chi connectivity index (χ4n) is 1.38. The van der Waals surface area contributed by atoms with E-state index >= 15 is 0 Å². The Morgan fingerprint density at radius 1 is 1.45 bits per heavy atom. The molecule has 0 unspecified atom stereocenters. The van der Waals surface area contributed by atoms with Crippen molar-refractivity contribution in [2.75, 3.05) is 5.32 Å². The number of aromatic nitrogens is 3. The van der Waals surface area contributed by atoms with Crippen LogP contribution < -0.4 is 10.9 Å². The van der Waals surface area contributed by atoms with E-state index in [1.807, 2.05) is 0 Å². The van der Waals surface area contributed by atoms with Crippen LogP contribution in [0.15, 0.2) is 27.0 Å². The summed E-state index contributed by atoms with van der Waals surface area (Å²) < 4.78 is 37.1. The fourth-order valence-corrected chi connectivity index (χ4v) is 2.39. The summed E-state index contributed by atoms with van der Waals surface area (Å²) in [4.78, 5) is 15.8. The second kappa shape index (κ2) is 5.92. The highest BCUT2D eigenvalue weighted by atomic mass is 79.9. The van der Waals surface area contributed by atoms with E-state index in [-0.39, 0.29) is 4.47 Å². The molecule has 108 valence electrons. The number of rotatable bonds is 4. The van der Waals surface area contributed by atoms with Crippen LogP contribution in [0.25, 0.3) is 0 Å². The largest absolute Gasteiger partial charge is 0.408 e. The van der Waals surface area contributed by atoms with Gasteiger partial charge >= 0.3 is 6.18 Å². The molecular formula is C10H8BrF3N4OS. The Labute approximate surface area is 123 Å². The Balaban J connectivity index is 2.16. The maximum atomic E-state index is 12.2. The molecule has 0 amide bonds. The van der Waals surface area contributed by atoms with E-state index in [0.29, 0.717) is 16.9 Å². The van der Waals surface area contributed by atoms with Crippen molar-refractivity contribution < 1.29 is 13.2 Å². The third-order valence-corrected chi connectivity index (χ3v) is 3.77. The second-order valence-electron chi connectivity index (χ2n) is 3.73. The van der Waals surface area contributed by atoms with Crippen LogP contribution in [0.2, 0.25) is 0 Å². The van der Waals surface area contributed by atoms with Gasteiger partial charge in [0.05, 0.1) is 18.4 Å². The molecule has 0 fully saturated rings. The smallest absolute Gasteiger partial charge is 0.376 e. The Morgan fingerprint density at radius 3 is 2.80 bits per heavy atom. The summed E-state index contributed by atoms with van der Waals surface area (Å²) in [5.74, 6) is 0. The highest BCUT2D eigenvalue weighted by Gasteiger charge is 2.29. The molecule has 0 radical (unpaired) electrons. The maximum absolute atomic E-state index is 12.2. The summed E-state index contributed by atoms with van der Waals surface area (Å²) in [6.07, 6.45) is -1.69. The first kappa shape index (κ1) is 15.0. The average molecular weight is 369 g/mol. The lowest BCUT2D eigenvalue weighted by Crippen LogP contribution is -2.31. The molecule has 0 aliphatic rings. The van der Waals surface area contributed by atoms with Crippen LogP contribution in [0.3, 0.4) is 0 Å². The van der Waals surface area contributed by atoms with Gasteiger partial charge in [-0.2, -0.15) is 18.3 Å². The van der Waals surface area contributed by atoms with Crippen LogP contribution in [0.1, 0.15) is 5.01 Å². The number of alkyl halides is 3. The van der Waals surface area contributed by atoms with Gasteiger partial charge in [0.25, 0.3) is 5.56 Å². The van der Waals surface area contributed by atoms with Crippen molar-refractivity contribution >= 4 is 33.0 Å². The second-order valence-corrected chi connectivity index (χ2v) is 5.50. The van der Waals surface area contributed by atoms with Crippen molar-refractivity contribution in [2.45, 2.75) is 19.3 Å². The molecule has 0 bridgehead atoms. The van der Waals surface area contributed by atoms with E-state index in [1.165, 1.54) is 17.5 Å². The molecule has 0 spiro atoms. The Morgan fingerprint density at radius 2 is 2.20 bits per heavy atom. The molecule has 2 aromatic rings. The lowest BCUT2D eigenvalue weighted by molar-refractivity contribution is -0.143. The van der Waals surface area contributed by atoms with E-state index in [9.17, 15) is 18.0 Å². The first-order chi connectivity index (χ1) is 9.37. The molecule has 0 atom stereocenters. The molecule has 0 saturated carbocycles. The molecule has 0 aromatic carbocycles. The van der Waals surface area contributed by atoms with Gasteiger partial charge in [0, 0.05) is 11.6 Å². The molecular weight excluding hydrogens is 361 g/mol. The molecule has 0 aliphatic heterocycles. The Kier molecular flexibility index (Phi) is 4.43. The predicted molar refractivity (Wildman–Crippen MR) is 71.7 cm³/mol. The van der Waals surface area contributed by atoms with Gasteiger partial charge in [-0.1, -0.05) is 0 Å². The van der Waals surface area contributed by atoms with E-state index in [4.69, 9.17) is 0 Å². The van der Waals surface area contributed by atoms with Crippen LogP contribution in [-0.2, 0) is 13.1 Å². The molecule has 20 heavy (non-hydrogen) atoms. The maximum Gasteiger partial charge on any atom is 0.408 e. The zero-order valence-corrected chi connectivity index (χ0v) is 12.2. The van der Waals surface area contributed by atoms with Crippen LogP contribution >= 0.6 is 27.3 Å². The summed E-state index contributed by atoms with van der Waals surface area (Å²) in [6, 6.07) is 0. The van der Waals surface area contributed by atoms with Gasteiger partial charge in [0.2, 0.25) is 0 Å². The number of thiazole rings is 1. The fraction of sp³-hybridized carbons (Fsp3) is 0.300. The molecule has 2 aromatic heterocycles. The molecule has 10 heteroatoms. The molecule has 5 nitrogen and oxygen atoms in total. The van der Waals surface area contributed by atoms with E-state index in [0.717, 1.165) is 5.01 Å². The zero-order valence-electron chi connectivity index (χ0n) is 9.82. The topological polar surface area (TPSA) is 59.8 Å². The predicted octanol–water partition coefficient (Wildman–Crippen LogP) is 2.64. The minimum Gasteiger partial charge on any atom is -0.376 e. The quantitative estimate of drug-likeness (QED) is 0.900. The van der Waals surface area contributed by atoms with Crippen molar-refractivity contribution in [3.05, 3.63) is 37.6 Å². The summed E-state index contributed by atoms with van der Waals surface area (Å²) in [6.45, 7) is -1.06. The van der Waals surface area contributed by atoms with Crippen LogP contribution in [-0.4, -0.2) is 20.9 Å². The number of nitrogens with one attached hydrogen (secondary N) is 1. The lowest BCUT2D eigenvalue weighted by atomic mass is 10.4. The Bertz CT molecular complexity index is 641. The summed E-state index contributed by atoms with van der Waals surface area (Å²) >= 11 is 4.40. The van der Waals surface area contributed by atoms with E-state index in [1.54, 1.807) is 11.6 Å². The minimum absolute atomic E-state index is 0.00769. The molecule has 2 heterocycles. The van der Waals surface area contributed by atoms with Gasteiger partial charge in [-0.25, -0.2) is 9.67 Å². The van der Waals surface area contributed by atoms with Crippen molar-refractivity contribution in [3.63, 3.8) is 0 Å². The van der Waals surface area contributed by atoms with Gasteiger partial charge in [0.1, 0.15) is 16.0 Å². The highest BCUT2D eigenvalue weighted by molar-refractivity contribution is 9.10. The normalized spacial score (nSPS) is 11.6. The Hall–Kier alpha value is -1.42. The molecule has 0 saturated heterocycles. The number of nitrogens with zero attached hydrogens (tertiary/aromatic N) is 3. The summed E-state index contributed by atoms with van der Waals surface area (Å²) in [5.41, 5.74) is -0.518. The van der Waals surface area contributed by atoms with Gasteiger partial charge in [0.15, 0.2) is 0 Å². The summed E-state index contributed by atoms with van der Waals surface area (Å²) in [5, 5.41) is 8.97. The lowest BCUT2D eigenvalue weighted by Gasteiger charge is -2.11. The number of hydrogen-bond acceptors (Lipinski definition) is 5. The molecule has 1 N–H and O–H groups in total. The third kappa shape index (κ3) is 3.79. The van der Waals surface area contributed by atoms with Gasteiger partial charge in [-0.3, -0.25) is 4.79 Å². The van der Waals surface area contributed by atoms with Crippen LogP contribution in [0.5, 0.6) is 0 Å². The average Bonchev–Trinajstić information content (AvgIpc) is 2.86. The van der Waals surface area contributed by atoms with Crippen molar-refractivity contribution in [1.29, 1.82) is 0 Å². The van der Waals surface area contributed by atoms with Crippen LogP contribution in [0.4, 0.5) is 18.9 Å². The highest BCUT2D eigenvalue weighted by Crippen LogP contribution is 2.20. The van der Waals surface area contributed by atoms with Gasteiger partial charge in [-0.05, 0) is 15.9 Å². The van der Waals surface area contributed by atoms with Gasteiger partial charge < -0.3 is 5.32 Å². The monoisotopic (exact) mass is 368 g/mol. The van der Waals surface area contributed by atoms with E-state index in [2.05, 4.69) is 31.3 Å². The number of anilines is 1. The first-order valence-corrected chi connectivity index (χ1v) is 6.99.